The van der Waals surface area contributed by atoms with E-state index in [2.05, 4.69) is 6.08 Å². The predicted molar refractivity (Wildman–Crippen MR) is 72.7 cm³/mol. The molecule has 0 heterocycles. The minimum absolute atomic E-state index is 0.115. The Morgan fingerprint density at radius 3 is 2.68 bits per heavy atom. The van der Waals surface area contributed by atoms with Crippen LogP contribution in [0.1, 0.15) is 51.9 Å². The normalized spacial score (nSPS) is 20.6. The van der Waals surface area contributed by atoms with Crippen LogP contribution in [0.4, 0.5) is 0 Å². The third kappa shape index (κ3) is 4.08. The van der Waals surface area contributed by atoms with Crippen LogP contribution < -0.4 is 0 Å². The van der Waals surface area contributed by atoms with Gasteiger partial charge in [-0.15, -0.1) is 0 Å². The Balaban J connectivity index is 1.92. The predicted octanol–water partition coefficient (Wildman–Crippen LogP) is 2.59. The lowest BCUT2D eigenvalue weighted by atomic mass is 9.96. The van der Waals surface area contributed by atoms with Gasteiger partial charge in [0.1, 0.15) is 0 Å². The van der Waals surface area contributed by atoms with E-state index in [1.165, 1.54) is 18.4 Å². The van der Waals surface area contributed by atoms with Gasteiger partial charge in [0.2, 0.25) is 5.91 Å². The number of amides is 1. The molecule has 1 N–H and O–H groups in total. The molecule has 0 aromatic rings. The van der Waals surface area contributed by atoms with Gasteiger partial charge in [-0.3, -0.25) is 9.59 Å². The number of carboxylic acid groups (broad SMARTS) is 1. The average molecular weight is 265 g/mol. The number of carbonyl (C=O) groups excluding carboxylic acids is 1. The summed E-state index contributed by atoms with van der Waals surface area (Å²) in [4.78, 5) is 25.1. The molecule has 4 nitrogen and oxygen atoms in total. The van der Waals surface area contributed by atoms with E-state index >= 15 is 0 Å². The van der Waals surface area contributed by atoms with Crippen molar-refractivity contribution in [3.63, 3.8) is 0 Å². The Morgan fingerprint density at radius 2 is 2.16 bits per heavy atom. The number of carboxylic acids is 1. The summed E-state index contributed by atoms with van der Waals surface area (Å²) in [6, 6.07) is 0.290. The van der Waals surface area contributed by atoms with Crippen LogP contribution in [0, 0.1) is 5.92 Å². The van der Waals surface area contributed by atoms with Crippen molar-refractivity contribution in [1.82, 2.24) is 4.90 Å². The van der Waals surface area contributed by atoms with Crippen LogP contribution in [-0.2, 0) is 9.59 Å². The standard InChI is InChI=1S/C15H23NO3/c1-11(15(18)19)10-16(13-7-8-13)14(17)9-12-5-3-2-4-6-12/h5,11,13H,2-4,6-10H2,1H3,(H,18,19). The summed E-state index contributed by atoms with van der Waals surface area (Å²) < 4.78 is 0. The van der Waals surface area contributed by atoms with Gasteiger partial charge in [0, 0.05) is 19.0 Å². The maximum absolute atomic E-state index is 12.3. The summed E-state index contributed by atoms with van der Waals surface area (Å²) in [6.07, 6.45) is 9.23. The number of hydrogen-bond donors (Lipinski definition) is 1. The largest absolute Gasteiger partial charge is 0.481 e. The van der Waals surface area contributed by atoms with Crippen molar-refractivity contribution < 1.29 is 14.7 Å². The SMILES string of the molecule is CC(CN(C(=O)CC1=CCCCC1)C1CC1)C(=O)O. The van der Waals surface area contributed by atoms with Crippen molar-refractivity contribution in [2.24, 2.45) is 5.92 Å². The van der Waals surface area contributed by atoms with Crippen LogP contribution >= 0.6 is 0 Å². The maximum Gasteiger partial charge on any atom is 0.308 e. The molecule has 0 saturated heterocycles. The summed E-state index contributed by atoms with van der Waals surface area (Å²) >= 11 is 0. The number of carbonyl (C=O) groups is 2. The molecule has 1 fully saturated rings. The molecule has 106 valence electrons. The number of hydrogen-bond acceptors (Lipinski definition) is 2. The molecule has 1 amide bonds. The lowest BCUT2D eigenvalue weighted by Gasteiger charge is -2.25. The summed E-state index contributed by atoms with van der Waals surface area (Å²) in [5, 5.41) is 8.99. The smallest absolute Gasteiger partial charge is 0.308 e. The van der Waals surface area contributed by atoms with E-state index in [1.54, 1.807) is 11.8 Å². The Morgan fingerprint density at radius 1 is 1.42 bits per heavy atom. The highest BCUT2D eigenvalue weighted by Gasteiger charge is 2.34. The van der Waals surface area contributed by atoms with Crippen LogP contribution in [0.15, 0.2) is 11.6 Å². The van der Waals surface area contributed by atoms with E-state index in [0.717, 1.165) is 25.7 Å². The zero-order valence-corrected chi connectivity index (χ0v) is 11.6. The zero-order chi connectivity index (χ0) is 13.8. The highest BCUT2D eigenvalue weighted by molar-refractivity contribution is 5.80. The molecular weight excluding hydrogens is 242 g/mol. The average Bonchev–Trinajstić information content (AvgIpc) is 3.20. The first-order chi connectivity index (χ1) is 9.08. The molecule has 0 aromatic heterocycles. The van der Waals surface area contributed by atoms with Gasteiger partial charge in [0.15, 0.2) is 0 Å². The van der Waals surface area contributed by atoms with E-state index in [9.17, 15) is 9.59 Å². The molecule has 0 radical (unpaired) electrons. The molecule has 2 aliphatic carbocycles. The number of aliphatic carboxylic acids is 1. The Hall–Kier alpha value is -1.32. The zero-order valence-electron chi connectivity index (χ0n) is 11.6. The lowest BCUT2D eigenvalue weighted by molar-refractivity contribution is -0.143. The molecule has 0 aromatic carbocycles. The lowest BCUT2D eigenvalue weighted by Crippen LogP contribution is -2.38. The van der Waals surface area contributed by atoms with Crippen LogP contribution in [0.5, 0.6) is 0 Å². The molecular formula is C15H23NO3. The second kappa shape index (κ2) is 6.22. The molecule has 0 spiro atoms. The minimum Gasteiger partial charge on any atom is -0.481 e. The van der Waals surface area contributed by atoms with E-state index in [-0.39, 0.29) is 5.91 Å². The summed E-state index contributed by atoms with van der Waals surface area (Å²) in [6.45, 7) is 2.02. The number of rotatable bonds is 6. The van der Waals surface area contributed by atoms with Gasteiger partial charge in [-0.25, -0.2) is 0 Å². The highest BCUT2D eigenvalue weighted by atomic mass is 16.4. The molecule has 1 atom stereocenters. The van der Waals surface area contributed by atoms with Crippen molar-refractivity contribution in [1.29, 1.82) is 0 Å². The molecule has 1 unspecified atom stereocenters. The van der Waals surface area contributed by atoms with Crippen LogP contribution in [0.3, 0.4) is 0 Å². The van der Waals surface area contributed by atoms with Gasteiger partial charge in [-0.05, 0) is 38.5 Å². The van der Waals surface area contributed by atoms with Gasteiger partial charge in [-0.2, -0.15) is 0 Å². The van der Waals surface area contributed by atoms with Gasteiger partial charge < -0.3 is 10.0 Å². The molecule has 0 aliphatic heterocycles. The molecule has 2 rings (SSSR count). The van der Waals surface area contributed by atoms with Gasteiger partial charge in [0.05, 0.1) is 5.92 Å². The molecule has 1 saturated carbocycles. The Labute approximate surface area is 114 Å². The number of nitrogens with zero attached hydrogens (tertiary/aromatic N) is 1. The minimum atomic E-state index is -0.824. The van der Waals surface area contributed by atoms with Crippen LogP contribution in [0.25, 0.3) is 0 Å². The summed E-state index contributed by atoms with van der Waals surface area (Å²) in [5.74, 6) is -1.19. The van der Waals surface area contributed by atoms with Crippen LogP contribution in [0.2, 0.25) is 0 Å². The Bertz CT molecular complexity index is 385. The van der Waals surface area contributed by atoms with E-state index in [0.29, 0.717) is 19.0 Å². The third-order valence-corrected chi connectivity index (χ3v) is 3.96. The van der Waals surface area contributed by atoms with E-state index < -0.39 is 11.9 Å². The first-order valence-corrected chi connectivity index (χ1v) is 7.28. The third-order valence-electron chi connectivity index (χ3n) is 3.96. The fourth-order valence-electron chi connectivity index (χ4n) is 2.57. The number of allylic oxidation sites excluding steroid dienone is 1. The molecule has 2 aliphatic rings. The van der Waals surface area contributed by atoms with E-state index in [4.69, 9.17) is 5.11 Å². The van der Waals surface area contributed by atoms with Crippen molar-refractivity contribution in [3.05, 3.63) is 11.6 Å². The molecule has 4 heteroatoms. The summed E-state index contributed by atoms with van der Waals surface area (Å²) in [5.41, 5.74) is 1.24. The Kier molecular flexibility index (Phi) is 4.61. The van der Waals surface area contributed by atoms with Crippen LogP contribution in [-0.4, -0.2) is 34.5 Å². The maximum atomic E-state index is 12.3. The van der Waals surface area contributed by atoms with Crippen molar-refractivity contribution in [3.8, 4) is 0 Å². The topological polar surface area (TPSA) is 57.6 Å². The fraction of sp³-hybridized carbons (Fsp3) is 0.733. The van der Waals surface area contributed by atoms with Crippen molar-refractivity contribution in [2.45, 2.75) is 57.9 Å². The van der Waals surface area contributed by atoms with Crippen molar-refractivity contribution >= 4 is 11.9 Å². The monoisotopic (exact) mass is 265 g/mol. The van der Waals surface area contributed by atoms with Gasteiger partial charge >= 0.3 is 5.97 Å². The second-order valence-corrected chi connectivity index (χ2v) is 5.80. The first kappa shape index (κ1) is 14.1. The first-order valence-electron chi connectivity index (χ1n) is 7.28. The van der Waals surface area contributed by atoms with Gasteiger partial charge in [0.25, 0.3) is 0 Å². The quantitative estimate of drug-likeness (QED) is 0.751. The molecule has 0 bridgehead atoms. The van der Waals surface area contributed by atoms with Gasteiger partial charge in [-0.1, -0.05) is 18.6 Å². The summed E-state index contributed by atoms with van der Waals surface area (Å²) in [7, 11) is 0. The second-order valence-electron chi connectivity index (χ2n) is 5.80. The fourth-order valence-corrected chi connectivity index (χ4v) is 2.57. The highest BCUT2D eigenvalue weighted by Crippen LogP contribution is 2.30. The van der Waals surface area contributed by atoms with E-state index in [1.807, 2.05) is 0 Å². The molecule has 19 heavy (non-hydrogen) atoms. The van der Waals surface area contributed by atoms with Crippen molar-refractivity contribution in [2.75, 3.05) is 6.54 Å².